The Morgan fingerprint density at radius 3 is 2.44 bits per heavy atom. The summed E-state index contributed by atoms with van der Waals surface area (Å²) in [5, 5.41) is 8.77. The molecular weight excluding hydrogens is 226 g/mol. The second kappa shape index (κ2) is 5.53. The quantitative estimate of drug-likeness (QED) is 0.892. The summed E-state index contributed by atoms with van der Waals surface area (Å²) in [6, 6.07) is 6.45. The van der Waals surface area contributed by atoms with Gasteiger partial charge in [0.15, 0.2) is 0 Å². The van der Waals surface area contributed by atoms with Crippen molar-refractivity contribution < 1.29 is 9.90 Å². The largest absolute Gasteiger partial charge is 0.480 e. The predicted molar refractivity (Wildman–Crippen MR) is 73.8 cm³/mol. The van der Waals surface area contributed by atoms with Gasteiger partial charge in [0.25, 0.3) is 0 Å². The van der Waals surface area contributed by atoms with E-state index < -0.39 is 5.97 Å². The molecule has 1 rings (SSSR count). The molecule has 1 N–H and O–H groups in total. The van der Waals surface area contributed by atoms with Gasteiger partial charge in [-0.1, -0.05) is 39.0 Å². The van der Waals surface area contributed by atoms with Crippen molar-refractivity contribution in [2.24, 2.45) is 0 Å². The molecule has 0 fully saturated rings. The van der Waals surface area contributed by atoms with Gasteiger partial charge in [0, 0.05) is 6.54 Å². The van der Waals surface area contributed by atoms with E-state index in [1.54, 1.807) is 0 Å². The van der Waals surface area contributed by atoms with E-state index in [2.05, 4.69) is 45.9 Å². The Hall–Kier alpha value is -1.35. The van der Waals surface area contributed by atoms with Crippen LogP contribution in [0.25, 0.3) is 0 Å². The fourth-order valence-electron chi connectivity index (χ4n) is 1.89. The van der Waals surface area contributed by atoms with Crippen LogP contribution < -0.4 is 0 Å². The molecule has 18 heavy (non-hydrogen) atoms. The first-order valence-electron chi connectivity index (χ1n) is 6.20. The number of hydrogen-bond donors (Lipinski definition) is 1. The molecule has 0 atom stereocenters. The van der Waals surface area contributed by atoms with Crippen molar-refractivity contribution in [2.45, 2.75) is 39.7 Å². The lowest BCUT2D eigenvalue weighted by molar-refractivity contribution is -0.138. The number of rotatable bonds is 4. The summed E-state index contributed by atoms with van der Waals surface area (Å²) in [5.74, 6) is -0.790. The molecular formula is C15H23NO2. The Morgan fingerprint density at radius 2 is 1.94 bits per heavy atom. The summed E-state index contributed by atoms with van der Waals surface area (Å²) in [6.07, 6.45) is 0. The minimum atomic E-state index is -0.790. The molecule has 0 amide bonds. The van der Waals surface area contributed by atoms with Crippen LogP contribution in [0, 0.1) is 6.92 Å². The minimum Gasteiger partial charge on any atom is -0.480 e. The highest BCUT2D eigenvalue weighted by atomic mass is 16.4. The fourth-order valence-corrected chi connectivity index (χ4v) is 1.89. The molecule has 0 aliphatic rings. The smallest absolute Gasteiger partial charge is 0.317 e. The normalized spacial score (nSPS) is 11.9. The molecule has 0 bridgehead atoms. The number of carboxylic acid groups (broad SMARTS) is 1. The van der Waals surface area contributed by atoms with Crippen LogP contribution in [0.1, 0.15) is 37.5 Å². The maximum Gasteiger partial charge on any atom is 0.317 e. The molecule has 0 saturated carbocycles. The van der Waals surface area contributed by atoms with Crippen molar-refractivity contribution >= 4 is 5.97 Å². The topological polar surface area (TPSA) is 40.5 Å². The third kappa shape index (κ3) is 4.15. The third-order valence-electron chi connectivity index (χ3n) is 3.06. The lowest BCUT2D eigenvalue weighted by Gasteiger charge is -2.22. The highest BCUT2D eigenvalue weighted by molar-refractivity contribution is 5.69. The number of nitrogens with zero attached hydrogens (tertiary/aromatic N) is 1. The molecule has 0 saturated heterocycles. The first-order valence-corrected chi connectivity index (χ1v) is 6.20. The van der Waals surface area contributed by atoms with Crippen LogP contribution in [0.2, 0.25) is 0 Å². The SMILES string of the molecule is Cc1ccc(C(C)(C)C)cc1CN(C)CC(=O)O. The molecule has 0 unspecified atom stereocenters. The molecule has 1 aromatic carbocycles. The Morgan fingerprint density at radius 1 is 1.33 bits per heavy atom. The number of hydrogen-bond acceptors (Lipinski definition) is 2. The molecule has 3 nitrogen and oxygen atoms in total. The number of aryl methyl sites for hydroxylation is 1. The van der Waals surface area contributed by atoms with E-state index in [1.807, 2.05) is 11.9 Å². The maximum absolute atomic E-state index is 10.7. The highest BCUT2D eigenvalue weighted by Gasteiger charge is 2.15. The van der Waals surface area contributed by atoms with Crippen LogP contribution in [0.5, 0.6) is 0 Å². The van der Waals surface area contributed by atoms with Gasteiger partial charge in [-0.3, -0.25) is 9.69 Å². The van der Waals surface area contributed by atoms with E-state index in [-0.39, 0.29) is 12.0 Å². The summed E-state index contributed by atoms with van der Waals surface area (Å²) in [4.78, 5) is 12.5. The van der Waals surface area contributed by atoms with Crippen molar-refractivity contribution in [3.8, 4) is 0 Å². The van der Waals surface area contributed by atoms with Crippen molar-refractivity contribution in [2.75, 3.05) is 13.6 Å². The molecule has 0 heterocycles. The zero-order chi connectivity index (χ0) is 13.9. The first kappa shape index (κ1) is 14.7. The fraction of sp³-hybridized carbons (Fsp3) is 0.533. The highest BCUT2D eigenvalue weighted by Crippen LogP contribution is 2.24. The van der Waals surface area contributed by atoms with Crippen LogP contribution in [0.3, 0.4) is 0 Å². The van der Waals surface area contributed by atoms with Gasteiger partial charge in [-0.25, -0.2) is 0 Å². The van der Waals surface area contributed by atoms with Crippen LogP contribution in [0.15, 0.2) is 18.2 Å². The second-order valence-corrected chi connectivity index (χ2v) is 5.96. The van der Waals surface area contributed by atoms with Crippen molar-refractivity contribution in [1.29, 1.82) is 0 Å². The van der Waals surface area contributed by atoms with Crippen LogP contribution in [0.4, 0.5) is 0 Å². The van der Waals surface area contributed by atoms with E-state index in [0.717, 1.165) is 0 Å². The molecule has 0 aliphatic heterocycles. The van der Waals surface area contributed by atoms with Gasteiger partial charge in [0.2, 0.25) is 0 Å². The van der Waals surface area contributed by atoms with Crippen molar-refractivity contribution in [1.82, 2.24) is 4.90 Å². The molecule has 0 spiro atoms. The van der Waals surface area contributed by atoms with Crippen LogP contribution in [-0.2, 0) is 16.8 Å². The van der Waals surface area contributed by atoms with Crippen LogP contribution >= 0.6 is 0 Å². The Kier molecular flexibility index (Phi) is 4.52. The average molecular weight is 249 g/mol. The summed E-state index contributed by atoms with van der Waals surface area (Å²) in [7, 11) is 1.83. The van der Waals surface area contributed by atoms with Crippen molar-refractivity contribution in [3.63, 3.8) is 0 Å². The molecule has 0 radical (unpaired) electrons. The van der Waals surface area contributed by atoms with Gasteiger partial charge >= 0.3 is 5.97 Å². The predicted octanol–water partition coefficient (Wildman–Crippen LogP) is 2.81. The number of benzene rings is 1. The standard InChI is InChI=1S/C15H23NO2/c1-11-6-7-13(15(2,3)4)8-12(11)9-16(5)10-14(17)18/h6-8H,9-10H2,1-5H3,(H,17,18). The Labute approximate surface area is 109 Å². The average Bonchev–Trinajstić information content (AvgIpc) is 2.18. The van der Waals surface area contributed by atoms with Gasteiger partial charge in [0.05, 0.1) is 6.54 Å². The second-order valence-electron chi connectivity index (χ2n) is 5.96. The number of likely N-dealkylation sites (N-methyl/N-ethyl adjacent to an activating group) is 1. The first-order chi connectivity index (χ1) is 8.20. The van der Waals surface area contributed by atoms with E-state index in [9.17, 15) is 4.79 Å². The van der Waals surface area contributed by atoms with Crippen LogP contribution in [-0.4, -0.2) is 29.6 Å². The Bertz CT molecular complexity index is 433. The van der Waals surface area contributed by atoms with Crippen molar-refractivity contribution in [3.05, 3.63) is 34.9 Å². The Balaban J connectivity index is 2.91. The zero-order valence-electron chi connectivity index (χ0n) is 11.9. The lowest BCUT2D eigenvalue weighted by Crippen LogP contribution is -2.25. The molecule has 0 aromatic heterocycles. The zero-order valence-corrected chi connectivity index (χ0v) is 11.9. The monoisotopic (exact) mass is 249 g/mol. The van der Waals surface area contributed by atoms with E-state index >= 15 is 0 Å². The molecule has 3 heteroatoms. The van der Waals surface area contributed by atoms with E-state index in [4.69, 9.17) is 5.11 Å². The summed E-state index contributed by atoms with van der Waals surface area (Å²) in [6.45, 7) is 9.35. The van der Waals surface area contributed by atoms with E-state index in [0.29, 0.717) is 6.54 Å². The number of carboxylic acids is 1. The summed E-state index contributed by atoms with van der Waals surface area (Å²) in [5.41, 5.74) is 3.81. The van der Waals surface area contributed by atoms with E-state index in [1.165, 1.54) is 16.7 Å². The van der Waals surface area contributed by atoms with Gasteiger partial charge in [-0.05, 0) is 36.1 Å². The number of aliphatic carboxylic acids is 1. The molecule has 0 aliphatic carbocycles. The van der Waals surface area contributed by atoms with Gasteiger partial charge < -0.3 is 5.11 Å². The molecule has 100 valence electrons. The maximum atomic E-state index is 10.7. The molecule has 1 aromatic rings. The summed E-state index contributed by atoms with van der Waals surface area (Å²) >= 11 is 0. The van der Waals surface area contributed by atoms with Gasteiger partial charge in [-0.15, -0.1) is 0 Å². The lowest BCUT2D eigenvalue weighted by atomic mass is 9.85. The third-order valence-corrected chi connectivity index (χ3v) is 3.06. The number of carbonyl (C=O) groups is 1. The minimum absolute atomic E-state index is 0.0686. The summed E-state index contributed by atoms with van der Waals surface area (Å²) < 4.78 is 0. The van der Waals surface area contributed by atoms with Gasteiger partial charge in [-0.2, -0.15) is 0 Å². The van der Waals surface area contributed by atoms with Gasteiger partial charge in [0.1, 0.15) is 0 Å².